The average molecular weight is 389 g/mol. The van der Waals surface area contributed by atoms with Crippen LogP contribution in [0.5, 0.6) is 0 Å². The maximum atomic E-state index is 13.0. The maximum absolute atomic E-state index is 13.0. The lowest BCUT2D eigenvalue weighted by molar-refractivity contribution is 0.0745. The zero-order valence-corrected chi connectivity index (χ0v) is 17.5. The standard InChI is InChI=1S/C24H27N3O2/c1-6-15-27(23(28)19-11-13-20(14-12-19)24(3,4)5)16-21-25-22(26-29-21)18-9-7-17(2)8-10-18/h6-14H,1,15-16H2,2-5H3. The van der Waals surface area contributed by atoms with E-state index in [9.17, 15) is 4.79 Å². The molecule has 0 fully saturated rings. The van der Waals surface area contributed by atoms with E-state index in [1.54, 1.807) is 11.0 Å². The Kier molecular flexibility index (Phi) is 5.97. The Morgan fingerprint density at radius 2 is 1.76 bits per heavy atom. The SMILES string of the molecule is C=CCN(Cc1nc(-c2ccc(C)cc2)no1)C(=O)c1ccc(C(C)(C)C)cc1. The van der Waals surface area contributed by atoms with Gasteiger partial charge in [0.1, 0.15) is 6.54 Å². The van der Waals surface area contributed by atoms with E-state index in [1.807, 2.05) is 55.5 Å². The summed E-state index contributed by atoms with van der Waals surface area (Å²) in [5.74, 6) is 0.808. The molecule has 1 aromatic heterocycles. The van der Waals surface area contributed by atoms with E-state index in [2.05, 4.69) is 37.5 Å². The quantitative estimate of drug-likeness (QED) is 0.546. The second-order valence-electron chi connectivity index (χ2n) is 8.18. The minimum atomic E-state index is -0.0968. The van der Waals surface area contributed by atoms with Crippen molar-refractivity contribution >= 4 is 5.91 Å². The molecule has 0 spiro atoms. The smallest absolute Gasteiger partial charge is 0.254 e. The van der Waals surface area contributed by atoms with Gasteiger partial charge in [-0.1, -0.05) is 74.0 Å². The molecule has 0 saturated heterocycles. The maximum Gasteiger partial charge on any atom is 0.254 e. The first-order chi connectivity index (χ1) is 13.8. The normalized spacial score (nSPS) is 11.3. The Labute approximate surface area is 172 Å². The summed E-state index contributed by atoms with van der Waals surface area (Å²) >= 11 is 0. The van der Waals surface area contributed by atoms with Gasteiger partial charge in [-0.25, -0.2) is 0 Å². The third kappa shape index (κ3) is 4.99. The number of carbonyl (C=O) groups is 1. The van der Waals surface area contributed by atoms with Gasteiger partial charge in [0.15, 0.2) is 0 Å². The fourth-order valence-electron chi connectivity index (χ4n) is 2.97. The van der Waals surface area contributed by atoms with Gasteiger partial charge in [0.05, 0.1) is 0 Å². The summed E-state index contributed by atoms with van der Waals surface area (Å²) in [5, 5.41) is 4.05. The van der Waals surface area contributed by atoms with Crippen LogP contribution in [0.3, 0.4) is 0 Å². The van der Waals surface area contributed by atoms with Gasteiger partial charge in [0.2, 0.25) is 11.7 Å². The summed E-state index contributed by atoms with van der Waals surface area (Å²) in [5.41, 5.74) is 3.89. The molecular formula is C24H27N3O2. The Morgan fingerprint density at radius 3 is 2.34 bits per heavy atom. The molecule has 3 rings (SSSR count). The molecule has 0 atom stereocenters. The van der Waals surface area contributed by atoms with Gasteiger partial charge < -0.3 is 9.42 Å². The molecule has 0 aliphatic heterocycles. The fraction of sp³-hybridized carbons (Fsp3) is 0.292. The molecular weight excluding hydrogens is 362 g/mol. The van der Waals surface area contributed by atoms with Gasteiger partial charge in [-0.05, 0) is 30.0 Å². The first-order valence-corrected chi connectivity index (χ1v) is 9.68. The van der Waals surface area contributed by atoms with E-state index in [0.29, 0.717) is 23.8 Å². The first-order valence-electron chi connectivity index (χ1n) is 9.68. The van der Waals surface area contributed by atoms with Gasteiger partial charge in [-0.15, -0.1) is 6.58 Å². The number of rotatable bonds is 6. The lowest BCUT2D eigenvalue weighted by Gasteiger charge is -2.21. The van der Waals surface area contributed by atoms with Crippen molar-refractivity contribution in [2.75, 3.05) is 6.54 Å². The zero-order chi connectivity index (χ0) is 21.0. The highest BCUT2D eigenvalue weighted by atomic mass is 16.5. The predicted molar refractivity (Wildman–Crippen MR) is 115 cm³/mol. The van der Waals surface area contributed by atoms with E-state index in [-0.39, 0.29) is 17.9 Å². The summed E-state index contributed by atoms with van der Waals surface area (Å²) in [6.45, 7) is 12.9. The van der Waals surface area contributed by atoms with Crippen molar-refractivity contribution in [3.63, 3.8) is 0 Å². The lowest BCUT2D eigenvalue weighted by atomic mass is 9.86. The van der Waals surface area contributed by atoms with Gasteiger partial charge in [0.25, 0.3) is 5.91 Å². The number of nitrogens with zero attached hydrogens (tertiary/aromatic N) is 3. The summed E-state index contributed by atoms with van der Waals surface area (Å²) < 4.78 is 5.39. The van der Waals surface area contributed by atoms with E-state index in [1.165, 1.54) is 5.56 Å². The summed E-state index contributed by atoms with van der Waals surface area (Å²) in [7, 11) is 0. The number of aromatic nitrogens is 2. The molecule has 5 nitrogen and oxygen atoms in total. The van der Waals surface area contributed by atoms with Crippen LogP contribution in [0.25, 0.3) is 11.4 Å². The third-order valence-electron chi connectivity index (χ3n) is 4.74. The Balaban J connectivity index is 1.77. The topological polar surface area (TPSA) is 59.2 Å². The molecule has 0 bridgehead atoms. The average Bonchev–Trinajstić information content (AvgIpc) is 3.15. The zero-order valence-electron chi connectivity index (χ0n) is 17.5. The Hall–Kier alpha value is -3.21. The first kappa shape index (κ1) is 20.5. The van der Waals surface area contributed by atoms with E-state index >= 15 is 0 Å². The molecule has 29 heavy (non-hydrogen) atoms. The number of aryl methyl sites for hydroxylation is 1. The highest BCUT2D eigenvalue weighted by Crippen LogP contribution is 2.23. The van der Waals surface area contributed by atoms with Gasteiger partial charge in [-0.3, -0.25) is 4.79 Å². The lowest BCUT2D eigenvalue weighted by Crippen LogP contribution is -2.31. The molecule has 0 aliphatic carbocycles. The number of amides is 1. The van der Waals surface area contributed by atoms with E-state index in [0.717, 1.165) is 11.1 Å². The van der Waals surface area contributed by atoms with E-state index < -0.39 is 0 Å². The fourth-order valence-corrected chi connectivity index (χ4v) is 2.97. The summed E-state index contributed by atoms with van der Waals surface area (Å²) in [4.78, 5) is 19.1. The summed E-state index contributed by atoms with van der Waals surface area (Å²) in [6.07, 6.45) is 1.69. The van der Waals surface area contributed by atoms with Gasteiger partial charge in [0, 0.05) is 17.7 Å². The predicted octanol–water partition coefficient (Wildman–Crippen LogP) is 5.17. The van der Waals surface area contributed by atoms with Crippen LogP contribution in [0, 0.1) is 6.92 Å². The molecule has 2 aromatic carbocycles. The van der Waals surface area contributed by atoms with Crippen molar-refractivity contribution in [1.29, 1.82) is 0 Å². The van der Waals surface area contributed by atoms with Gasteiger partial charge in [-0.2, -0.15) is 4.98 Å². The molecule has 5 heteroatoms. The van der Waals surface area contributed by atoms with Gasteiger partial charge >= 0.3 is 0 Å². The van der Waals surface area contributed by atoms with Crippen molar-refractivity contribution < 1.29 is 9.32 Å². The minimum absolute atomic E-state index is 0.0402. The Morgan fingerprint density at radius 1 is 1.10 bits per heavy atom. The van der Waals surface area contributed by atoms with Crippen molar-refractivity contribution in [2.45, 2.75) is 39.7 Å². The minimum Gasteiger partial charge on any atom is -0.337 e. The van der Waals surface area contributed by atoms with Crippen LogP contribution in [0.2, 0.25) is 0 Å². The largest absolute Gasteiger partial charge is 0.337 e. The highest BCUT2D eigenvalue weighted by Gasteiger charge is 2.20. The van der Waals surface area contributed by atoms with Crippen LogP contribution < -0.4 is 0 Å². The molecule has 0 saturated carbocycles. The highest BCUT2D eigenvalue weighted by molar-refractivity contribution is 5.94. The summed E-state index contributed by atoms with van der Waals surface area (Å²) in [6, 6.07) is 15.6. The molecule has 0 radical (unpaired) electrons. The molecule has 3 aromatic rings. The van der Waals surface area contributed by atoms with Crippen LogP contribution in [0.1, 0.15) is 48.1 Å². The van der Waals surface area contributed by atoms with Crippen molar-refractivity contribution in [1.82, 2.24) is 15.0 Å². The molecule has 0 unspecified atom stereocenters. The second kappa shape index (κ2) is 8.43. The van der Waals surface area contributed by atoms with Crippen molar-refractivity contribution in [2.24, 2.45) is 0 Å². The van der Waals surface area contributed by atoms with Crippen LogP contribution in [-0.4, -0.2) is 27.5 Å². The van der Waals surface area contributed by atoms with Crippen molar-refractivity contribution in [3.8, 4) is 11.4 Å². The molecule has 150 valence electrons. The van der Waals surface area contributed by atoms with E-state index in [4.69, 9.17) is 4.52 Å². The molecule has 0 N–H and O–H groups in total. The van der Waals surface area contributed by atoms with Crippen LogP contribution in [0.4, 0.5) is 0 Å². The van der Waals surface area contributed by atoms with Crippen LogP contribution >= 0.6 is 0 Å². The van der Waals surface area contributed by atoms with Crippen LogP contribution in [-0.2, 0) is 12.0 Å². The second-order valence-corrected chi connectivity index (χ2v) is 8.18. The van der Waals surface area contributed by atoms with Crippen LogP contribution in [0.15, 0.2) is 65.7 Å². The number of hydrogen-bond acceptors (Lipinski definition) is 4. The monoisotopic (exact) mass is 389 g/mol. The molecule has 1 heterocycles. The molecule has 1 amide bonds. The Bertz CT molecular complexity index is 980. The number of hydrogen-bond donors (Lipinski definition) is 0. The number of benzene rings is 2. The molecule has 0 aliphatic rings. The van der Waals surface area contributed by atoms with Crippen molar-refractivity contribution in [3.05, 3.63) is 83.8 Å². The third-order valence-corrected chi connectivity index (χ3v) is 4.74. The number of carbonyl (C=O) groups excluding carboxylic acids is 1.